The van der Waals surface area contributed by atoms with E-state index in [2.05, 4.69) is 0 Å². The fraction of sp³-hybridized carbons (Fsp3) is 0.0833. The molecule has 2 aromatic carbocycles. The van der Waals surface area contributed by atoms with Crippen molar-refractivity contribution in [2.45, 2.75) is 12.4 Å². The predicted octanol–water partition coefficient (Wildman–Crippen LogP) is 7.45. The van der Waals surface area contributed by atoms with Gasteiger partial charge >= 0.3 is 12.4 Å². The molecule has 0 saturated carbocycles. The highest BCUT2D eigenvalue weighted by atomic mass is 19.4. The Labute approximate surface area is 184 Å². The van der Waals surface area contributed by atoms with E-state index >= 15 is 0 Å². The normalized spacial score (nSPS) is 12.8. The van der Waals surface area contributed by atoms with Crippen LogP contribution in [0.5, 0.6) is 0 Å². The number of hydrogen-bond donors (Lipinski definition) is 0. The van der Waals surface area contributed by atoms with E-state index in [0.717, 1.165) is 24.3 Å². The zero-order valence-corrected chi connectivity index (χ0v) is 16.5. The molecular weight excluding hydrogens is 446 g/mol. The molecule has 0 atom stereocenters. The average molecular weight is 458 g/mol. The van der Waals surface area contributed by atoms with Crippen molar-refractivity contribution in [3.05, 3.63) is 94.4 Å². The molecule has 3 rings (SSSR count). The van der Waals surface area contributed by atoms with Gasteiger partial charge in [-0.05, 0) is 59.7 Å². The summed E-state index contributed by atoms with van der Waals surface area (Å²) >= 11 is 0. The predicted molar refractivity (Wildman–Crippen MR) is 109 cm³/mol. The highest BCUT2D eigenvalue weighted by molar-refractivity contribution is 5.90. The Morgan fingerprint density at radius 2 is 0.939 bits per heavy atom. The Balaban J connectivity index is 1.85. The van der Waals surface area contributed by atoms with Crippen LogP contribution in [0.2, 0.25) is 0 Å². The number of benzene rings is 2. The molecule has 1 heterocycles. The summed E-state index contributed by atoms with van der Waals surface area (Å²) in [4.78, 5) is 0. The summed E-state index contributed by atoms with van der Waals surface area (Å²) in [5.41, 5.74) is -1.08. The van der Waals surface area contributed by atoms with Gasteiger partial charge in [-0.3, -0.25) is 0 Å². The van der Waals surface area contributed by atoms with E-state index in [0.29, 0.717) is 0 Å². The molecule has 0 aliphatic carbocycles. The van der Waals surface area contributed by atoms with Crippen LogP contribution in [-0.4, -0.2) is 0 Å². The lowest BCUT2D eigenvalue weighted by atomic mass is 10.0. The van der Waals surface area contributed by atoms with Gasteiger partial charge in [-0.15, -0.1) is 0 Å². The second kappa shape index (κ2) is 9.09. The number of hydrogen-bond acceptors (Lipinski definition) is 3. The fourth-order valence-corrected chi connectivity index (χ4v) is 2.85. The van der Waals surface area contributed by atoms with Crippen LogP contribution in [0.3, 0.4) is 0 Å². The van der Waals surface area contributed by atoms with Gasteiger partial charge in [0.25, 0.3) is 0 Å². The molecule has 0 spiro atoms. The van der Waals surface area contributed by atoms with Crippen LogP contribution in [0.15, 0.2) is 65.1 Å². The minimum atomic E-state index is -4.50. The average Bonchev–Trinajstić information content (AvgIpc) is 3.22. The van der Waals surface area contributed by atoms with Crippen molar-refractivity contribution in [2.24, 2.45) is 0 Å². The number of halogens is 6. The van der Waals surface area contributed by atoms with Gasteiger partial charge in [0.2, 0.25) is 0 Å². The third-order valence-corrected chi connectivity index (χ3v) is 4.51. The number of allylic oxidation sites excluding steroid dienone is 2. The maximum Gasteiger partial charge on any atom is 0.416 e. The smallest absolute Gasteiger partial charge is 0.416 e. The van der Waals surface area contributed by atoms with E-state index in [-0.39, 0.29) is 33.8 Å². The van der Waals surface area contributed by atoms with Gasteiger partial charge in [-0.25, -0.2) is 0 Å². The molecule has 9 heteroatoms. The van der Waals surface area contributed by atoms with Crippen molar-refractivity contribution in [1.29, 1.82) is 10.5 Å². The molecule has 0 saturated heterocycles. The van der Waals surface area contributed by atoms with Crippen LogP contribution in [0, 0.1) is 22.7 Å². The van der Waals surface area contributed by atoms with Crippen LogP contribution >= 0.6 is 0 Å². The Hall–Kier alpha value is -4.24. The Morgan fingerprint density at radius 3 is 1.21 bits per heavy atom. The molecule has 166 valence electrons. The topological polar surface area (TPSA) is 60.7 Å². The van der Waals surface area contributed by atoms with E-state index in [1.165, 1.54) is 48.6 Å². The molecule has 3 aromatic rings. The summed E-state index contributed by atoms with van der Waals surface area (Å²) in [5, 5.41) is 18.7. The molecule has 0 radical (unpaired) electrons. The first-order valence-corrected chi connectivity index (χ1v) is 9.20. The van der Waals surface area contributed by atoms with Crippen LogP contribution in [0.4, 0.5) is 26.3 Å². The van der Waals surface area contributed by atoms with Gasteiger partial charge in [0.15, 0.2) is 0 Å². The van der Waals surface area contributed by atoms with Crippen LogP contribution in [-0.2, 0) is 12.4 Å². The molecular formula is C24H12F6N2O. The lowest BCUT2D eigenvalue weighted by molar-refractivity contribution is -0.138. The first-order chi connectivity index (χ1) is 15.5. The third-order valence-electron chi connectivity index (χ3n) is 4.51. The van der Waals surface area contributed by atoms with Gasteiger partial charge in [0.05, 0.1) is 34.4 Å². The molecule has 0 N–H and O–H groups in total. The Morgan fingerprint density at radius 1 is 0.606 bits per heavy atom. The van der Waals surface area contributed by atoms with Gasteiger partial charge in [0, 0.05) is 0 Å². The van der Waals surface area contributed by atoms with E-state index in [9.17, 15) is 36.9 Å². The third kappa shape index (κ3) is 5.72. The SMILES string of the molecule is N#C/C(=C\c1ccc(/C=C(\C#N)c2ccc(C(F)(F)F)cc2)o1)c1ccc(C(F)(F)F)cc1. The van der Waals surface area contributed by atoms with Crippen LogP contribution in [0.1, 0.15) is 33.8 Å². The first kappa shape index (κ1) is 23.4. The van der Waals surface area contributed by atoms with Crippen molar-refractivity contribution in [3.8, 4) is 12.1 Å². The van der Waals surface area contributed by atoms with Crippen molar-refractivity contribution < 1.29 is 30.8 Å². The maximum atomic E-state index is 12.7. The second-order valence-corrected chi connectivity index (χ2v) is 6.73. The van der Waals surface area contributed by atoms with Gasteiger partial charge in [-0.1, -0.05) is 24.3 Å². The molecule has 0 aliphatic rings. The number of alkyl halides is 6. The molecule has 0 unspecified atom stereocenters. The lowest BCUT2D eigenvalue weighted by Crippen LogP contribution is -2.04. The summed E-state index contributed by atoms with van der Waals surface area (Å²) < 4.78 is 81.8. The van der Waals surface area contributed by atoms with E-state index < -0.39 is 23.5 Å². The summed E-state index contributed by atoms with van der Waals surface area (Å²) in [5.74, 6) is 0.393. The Bertz CT molecular complexity index is 1180. The summed E-state index contributed by atoms with van der Waals surface area (Å²) in [7, 11) is 0. The molecule has 0 aliphatic heterocycles. The molecule has 33 heavy (non-hydrogen) atoms. The molecule has 3 nitrogen and oxygen atoms in total. The number of rotatable bonds is 4. The van der Waals surface area contributed by atoms with Gasteiger partial charge < -0.3 is 4.42 Å². The van der Waals surface area contributed by atoms with E-state index in [1.54, 1.807) is 0 Å². The van der Waals surface area contributed by atoms with Crippen molar-refractivity contribution >= 4 is 23.3 Å². The highest BCUT2D eigenvalue weighted by Crippen LogP contribution is 2.32. The van der Waals surface area contributed by atoms with Crippen LogP contribution in [0.25, 0.3) is 23.3 Å². The Kier molecular flexibility index (Phi) is 6.45. The summed E-state index contributed by atoms with van der Waals surface area (Å²) in [6.45, 7) is 0. The number of nitriles is 2. The number of nitrogens with zero attached hydrogens (tertiary/aromatic N) is 2. The summed E-state index contributed by atoms with van der Waals surface area (Å²) in [6.07, 6.45) is -6.35. The zero-order chi connectivity index (χ0) is 24.2. The van der Waals surface area contributed by atoms with Crippen LogP contribution < -0.4 is 0 Å². The molecule has 0 fully saturated rings. The van der Waals surface area contributed by atoms with E-state index in [4.69, 9.17) is 4.42 Å². The summed E-state index contributed by atoms with van der Waals surface area (Å²) in [6, 6.07) is 14.9. The lowest BCUT2D eigenvalue weighted by Gasteiger charge is -2.07. The number of furan rings is 1. The zero-order valence-electron chi connectivity index (χ0n) is 16.5. The van der Waals surface area contributed by atoms with Crippen molar-refractivity contribution in [1.82, 2.24) is 0 Å². The van der Waals surface area contributed by atoms with Crippen molar-refractivity contribution in [3.63, 3.8) is 0 Å². The quantitative estimate of drug-likeness (QED) is 0.301. The monoisotopic (exact) mass is 458 g/mol. The first-order valence-electron chi connectivity index (χ1n) is 9.20. The minimum absolute atomic E-state index is 0.0526. The maximum absolute atomic E-state index is 12.7. The minimum Gasteiger partial charge on any atom is -0.457 e. The van der Waals surface area contributed by atoms with Gasteiger partial charge in [0.1, 0.15) is 11.5 Å². The van der Waals surface area contributed by atoms with Gasteiger partial charge in [-0.2, -0.15) is 36.9 Å². The van der Waals surface area contributed by atoms with E-state index in [1.807, 2.05) is 12.1 Å². The molecule has 0 bridgehead atoms. The molecule has 0 amide bonds. The van der Waals surface area contributed by atoms with Crippen molar-refractivity contribution in [2.75, 3.05) is 0 Å². The second-order valence-electron chi connectivity index (χ2n) is 6.73. The largest absolute Gasteiger partial charge is 0.457 e. The fourth-order valence-electron chi connectivity index (χ4n) is 2.85. The highest BCUT2D eigenvalue weighted by Gasteiger charge is 2.30. The standard InChI is InChI=1S/C24H12F6N2O/c25-23(26,27)19-5-1-15(2-6-19)17(13-31)11-21-9-10-22(33-21)12-18(14-32)16-3-7-20(8-4-16)24(28,29)30/h1-12H/b17-11+,18-12+. The molecule has 1 aromatic heterocycles.